The maximum Gasteiger partial charge on any atom is 0.240 e. The Balaban J connectivity index is 1.41. The van der Waals surface area contributed by atoms with Gasteiger partial charge in [-0.05, 0) is 30.5 Å². The molecule has 2 aliphatic rings. The first-order chi connectivity index (χ1) is 12.2. The molecule has 2 aromatic rings. The van der Waals surface area contributed by atoms with Crippen LogP contribution in [0.4, 0.5) is 5.69 Å². The molecule has 2 amide bonds. The molecule has 0 aromatic heterocycles. The minimum Gasteiger partial charge on any atom is -0.354 e. The number of rotatable bonds is 5. The zero-order valence-electron chi connectivity index (χ0n) is 13.9. The van der Waals surface area contributed by atoms with Gasteiger partial charge in [0.05, 0.1) is 11.4 Å². The van der Waals surface area contributed by atoms with E-state index < -0.39 is 0 Å². The first kappa shape index (κ1) is 16.2. The third-order valence-corrected chi connectivity index (χ3v) is 6.02. The standard InChI is InChI=1S/C20H20N2O2S/c23-18(21-14-20(10-11-20)15-6-2-1-3-7-15)12-22-16-8-4-5-9-17(16)25-13-19(22)24/h1-9H,10-14H2,(H,21,23). The summed E-state index contributed by atoms with van der Waals surface area (Å²) in [5, 5.41) is 3.04. The average Bonchev–Trinajstić information content (AvgIpc) is 3.44. The van der Waals surface area contributed by atoms with Crippen molar-refractivity contribution >= 4 is 29.3 Å². The van der Waals surface area contributed by atoms with Gasteiger partial charge in [-0.2, -0.15) is 0 Å². The number of hydrogen-bond acceptors (Lipinski definition) is 3. The first-order valence-electron chi connectivity index (χ1n) is 8.52. The topological polar surface area (TPSA) is 49.4 Å². The number of hydrogen-bond donors (Lipinski definition) is 1. The molecular formula is C20H20N2O2S. The summed E-state index contributed by atoms with van der Waals surface area (Å²) in [4.78, 5) is 27.4. The van der Waals surface area contributed by atoms with Crippen LogP contribution in [0.25, 0.3) is 0 Å². The highest BCUT2D eigenvalue weighted by Gasteiger charge is 2.44. The molecule has 0 unspecified atom stereocenters. The van der Waals surface area contributed by atoms with Gasteiger partial charge in [0.2, 0.25) is 11.8 Å². The van der Waals surface area contributed by atoms with Crippen LogP contribution in [-0.2, 0) is 15.0 Å². The molecule has 1 saturated carbocycles. The van der Waals surface area contributed by atoms with Gasteiger partial charge in [0, 0.05) is 16.9 Å². The molecule has 1 heterocycles. The summed E-state index contributed by atoms with van der Waals surface area (Å²) in [6.45, 7) is 0.718. The highest BCUT2D eigenvalue weighted by atomic mass is 32.2. The summed E-state index contributed by atoms with van der Waals surface area (Å²) in [6, 6.07) is 18.1. The lowest BCUT2D eigenvalue weighted by Gasteiger charge is -2.28. The summed E-state index contributed by atoms with van der Waals surface area (Å²) in [5.41, 5.74) is 2.20. The van der Waals surface area contributed by atoms with Crippen molar-refractivity contribution in [3.05, 3.63) is 60.2 Å². The van der Waals surface area contributed by atoms with E-state index in [2.05, 4.69) is 17.4 Å². The number of amides is 2. The largest absolute Gasteiger partial charge is 0.354 e. The van der Waals surface area contributed by atoms with Gasteiger partial charge >= 0.3 is 0 Å². The van der Waals surface area contributed by atoms with Gasteiger partial charge in [-0.1, -0.05) is 42.5 Å². The van der Waals surface area contributed by atoms with E-state index in [1.807, 2.05) is 42.5 Å². The van der Waals surface area contributed by atoms with E-state index >= 15 is 0 Å². The minimum atomic E-state index is -0.0998. The lowest BCUT2D eigenvalue weighted by Crippen LogP contribution is -2.44. The smallest absolute Gasteiger partial charge is 0.240 e. The average molecular weight is 352 g/mol. The van der Waals surface area contributed by atoms with E-state index in [0.29, 0.717) is 12.3 Å². The zero-order chi connectivity index (χ0) is 17.3. The van der Waals surface area contributed by atoms with Crippen LogP contribution in [0.1, 0.15) is 18.4 Å². The fourth-order valence-corrected chi connectivity index (χ4v) is 4.24. The van der Waals surface area contributed by atoms with Gasteiger partial charge in [0.15, 0.2) is 0 Å². The summed E-state index contributed by atoms with van der Waals surface area (Å²) < 4.78 is 0. The SMILES string of the molecule is O=C(CN1C(=O)CSc2ccccc21)NCC1(c2ccccc2)CC1. The van der Waals surface area contributed by atoms with E-state index in [4.69, 9.17) is 0 Å². The molecule has 4 rings (SSSR count). The van der Waals surface area contributed by atoms with Crippen LogP contribution in [0.5, 0.6) is 0 Å². The number of nitrogens with one attached hydrogen (secondary N) is 1. The van der Waals surface area contributed by atoms with Crippen molar-refractivity contribution in [2.45, 2.75) is 23.2 Å². The first-order valence-corrected chi connectivity index (χ1v) is 9.51. The maximum atomic E-state index is 12.5. The number of fused-ring (bicyclic) bond motifs is 1. The molecule has 128 valence electrons. The molecule has 1 aliphatic carbocycles. The lowest BCUT2D eigenvalue weighted by molar-refractivity contribution is -0.123. The van der Waals surface area contributed by atoms with Crippen molar-refractivity contribution < 1.29 is 9.59 Å². The number of para-hydroxylation sites is 1. The van der Waals surface area contributed by atoms with E-state index in [9.17, 15) is 9.59 Å². The van der Waals surface area contributed by atoms with Gasteiger partial charge in [-0.15, -0.1) is 11.8 Å². The molecule has 0 radical (unpaired) electrons. The normalized spacial score (nSPS) is 17.8. The third-order valence-electron chi connectivity index (χ3n) is 4.97. The Morgan fingerprint density at radius 2 is 1.80 bits per heavy atom. The second-order valence-electron chi connectivity index (χ2n) is 6.66. The van der Waals surface area contributed by atoms with Crippen molar-refractivity contribution in [3.63, 3.8) is 0 Å². The van der Waals surface area contributed by atoms with Crippen molar-refractivity contribution in [2.75, 3.05) is 23.7 Å². The molecule has 4 nitrogen and oxygen atoms in total. The van der Waals surface area contributed by atoms with E-state index in [0.717, 1.165) is 23.4 Å². The Morgan fingerprint density at radius 3 is 2.56 bits per heavy atom. The van der Waals surface area contributed by atoms with Crippen molar-refractivity contribution in [2.24, 2.45) is 0 Å². The Morgan fingerprint density at radius 1 is 1.08 bits per heavy atom. The zero-order valence-corrected chi connectivity index (χ0v) is 14.7. The van der Waals surface area contributed by atoms with E-state index in [-0.39, 0.29) is 23.8 Å². The van der Waals surface area contributed by atoms with Crippen LogP contribution in [0, 0.1) is 0 Å². The van der Waals surface area contributed by atoms with Gasteiger partial charge in [-0.25, -0.2) is 0 Å². The number of nitrogens with zero attached hydrogens (tertiary/aromatic N) is 1. The highest BCUT2D eigenvalue weighted by molar-refractivity contribution is 8.00. The Bertz CT molecular complexity index is 802. The Labute approximate surface area is 151 Å². The summed E-state index contributed by atoms with van der Waals surface area (Å²) >= 11 is 1.53. The molecule has 0 saturated heterocycles. The summed E-state index contributed by atoms with van der Waals surface area (Å²) in [6.07, 6.45) is 2.19. The monoisotopic (exact) mass is 352 g/mol. The van der Waals surface area contributed by atoms with E-state index in [1.165, 1.54) is 17.3 Å². The van der Waals surface area contributed by atoms with Gasteiger partial charge in [-0.3, -0.25) is 9.59 Å². The summed E-state index contributed by atoms with van der Waals surface area (Å²) in [5.74, 6) is 0.276. The van der Waals surface area contributed by atoms with Crippen LogP contribution in [0.3, 0.4) is 0 Å². The fourth-order valence-electron chi connectivity index (χ4n) is 3.30. The molecule has 1 N–H and O–H groups in total. The van der Waals surface area contributed by atoms with Crippen LogP contribution in [-0.4, -0.2) is 30.7 Å². The number of carbonyl (C=O) groups excluding carboxylic acids is 2. The summed E-state index contributed by atoms with van der Waals surface area (Å²) in [7, 11) is 0. The van der Waals surface area contributed by atoms with Crippen LogP contribution < -0.4 is 10.2 Å². The van der Waals surface area contributed by atoms with Gasteiger partial charge < -0.3 is 10.2 Å². The van der Waals surface area contributed by atoms with E-state index in [1.54, 1.807) is 4.90 Å². The lowest BCUT2D eigenvalue weighted by atomic mass is 9.96. The molecule has 0 bridgehead atoms. The number of thioether (sulfide) groups is 1. The molecule has 2 aromatic carbocycles. The predicted molar refractivity (Wildman–Crippen MR) is 99.9 cm³/mol. The molecule has 1 aliphatic heterocycles. The van der Waals surface area contributed by atoms with Gasteiger partial charge in [0.1, 0.15) is 6.54 Å². The van der Waals surface area contributed by atoms with Crippen LogP contribution >= 0.6 is 11.8 Å². The molecule has 5 heteroatoms. The van der Waals surface area contributed by atoms with Crippen molar-refractivity contribution in [3.8, 4) is 0 Å². The number of benzene rings is 2. The van der Waals surface area contributed by atoms with Gasteiger partial charge in [0.25, 0.3) is 0 Å². The third kappa shape index (κ3) is 3.29. The minimum absolute atomic E-state index is 0.0111. The molecule has 1 fully saturated rings. The quantitative estimate of drug-likeness (QED) is 0.900. The van der Waals surface area contributed by atoms with Crippen molar-refractivity contribution in [1.82, 2.24) is 5.32 Å². The molecule has 0 atom stereocenters. The second-order valence-corrected chi connectivity index (χ2v) is 7.68. The Kier molecular flexibility index (Phi) is 4.25. The molecule has 0 spiro atoms. The Hall–Kier alpha value is -2.27. The second kappa shape index (κ2) is 6.56. The predicted octanol–water partition coefficient (Wildman–Crippen LogP) is 2.97. The maximum absolute atomic E-state index is 12.5. The molecular weight excluding hydrogens is 332 g/mol. The molecule has 25 heavy (non-hydrogen) atoms. The fraction of sp³-hybridized carbons (Fsp3) is 0.300. The van der Waals surface area contributed by atoms with Crippen LogP contribution in [0.15, 0.2) is 59.5 Å². The van der Waals surface area contributed by atoms with Crippen LogP contribution in [0.2, 0.25) is 0 Å². The number of carbonyl (C=O) groups is 2. The highest BCUT2D eigenvalue weighted by Crippen LogP contribution is 2.47. The van der Waals surface area contributed by atoms with Crippen molar-refractivity contribution in [1.29, 1.82) is 0 Å². The number of anilines is 1.